The van der Waals surface area contributed by atoms with Gasteiger partial charge in [-0.2, -0.15) is 0 Å². The van der Waals surface area contributed by atoms with Gasteiger partial charge in [0.25, 0.3) is 0 Å². The minimum Gasteiger partial charge on any atom is -0.478 e. The lowest BCUT2D eigenvalue weighted by Crippen LogP contribution is -1.98. The highest BCUT2D eigenvalue weighted by Crippen LogP contribution is 2.35. The molecule has 0 aliphatic carbocycles. The summed E-state index contributed by atoms with van der Waals surface area (Å²) < 4.78 is 0. The molecule has 29 heavy (non-hydrogen) atoms. The van der Waals surface area contributed by atoms with Gasteiger partial charge in [0.1, 0.15) is 0 Å². The van der Waals surface area contributed by atoms with Crippen LogP contribution in [0.4, 0.5) is 5.69 Å². The summed E-state index contributed by atoms with van der Waals surface area (Å²) in [4.78, 5) is 10.8. The first-order valence-electron chi connectivity index (χ1n) is 9.66. The van der Waals surface area contributed by atoms with Gasteiger partial charge in [0, 0.05) is 11.8 Å². The molecule has 0 radical (unpaired) electrons. The lowest BCUT2D eigenvalue weighted by Gasteiger charge is -2.17. The van der Waals surface area contributed by atoms with Crippen molar-refractivity contribution >= 4 is 28.9 Å². The molecule has 3 heteroatoms. The first kappa shape index (κ1) is 20.2. The first-order chi connectivity index (χ1) is 14.0. The fraction of sp³-hybridized carbons (Fsp3) is 0.115. The van der Waals surface area contributed by atoms with Crippen LogP contribution in [-0.4, -0.2) is 11.1 Å². The Morgan fingerprint density at radius 3 is 2.17 bits per heavy atom. The molecule has 3 N–H and O–H groups in total. The molecular weight excluding hydrogens is 358 g/mol. The van der Waals surface area contributed by atoms with Crippen molar-refractivity contribution in [3.63, 3.8) is 0 Å². The van der Waals surface area contributed by atoms with E-state index in [9.17, 15) is 4.79 Å². The Hall–Kier alpha value is -3.59. The van der Waals surface area contributed by atoms with Crippen LogP contribution < -0.4 is 5.73 Å². The van der Waals surface area contributed by atoms with Crippen LogP contribution in [0.3, 0.4) is 0 Å². The SMILES string of the molecule is CC/C(=C(/c1ccc(/C=C/C(=O)O)cc1)c1ccc(C)c(N)c1)c1ccccc1. The monoisotopic (exact) mass is 383 g/mol. The average Bonchev–Trinajstić information content (AvgIpc) is 2.73. The van der Waals surface area contributed by atoms with Crippen LogP contribution >= 0.6 is 0 Å². The zero-order chi connectivity index (χ0) is 20.8. The Bertz CT molecular complexity index is 1060. The van der Waals surface area contributed by atoms with Crippen molar-refractivity contribution in [2.24, 2.45) is 0 Å². The molecule has 3 aromatic carbocycles. The largest absolute Gasteiger partial charge is 0.478 e. The molecular formula is C26H25NO2. The van der Waals surface area contributed by atoms with Crippen molar-refractivity contribution in [1.29, 1.82) is 0 Å². The summed E-state index contributed by atoms with van der Waals surface area (Å²) in [5, 5.41) is 8.84. The van der Waals surface area contributed by atoms with Gasteiger partial charge in [-0.3, -0.25) is 0 Å². The smallest absolute Gasteiger partial charge is 0.328 e. The lowest BCUT2D eigenvalue weighted by atomic mass is 9.87. The maximum absolute atomic E-state index is 10.8. The van der Waals surface area contributed by atoms with Gasteiger partial charge in [0.2, 0.25) is 0 Å². The number of aryl methyl sites for hydroxylation is 1. The molecule has 0 amide bonds. The van der Waals surface area contributed by atoms with Crippen LogP contribution in [0, 0.1) is 6.92 Å². The predicted molar refractivity (Wildman–Crippen MR) is 121 cm³/mol. The van der Waals surface area contributed by atoms with Crippen molar-refractivity contribution in [3.8, 4) is 0 Å². The Labute approximate surface area is 171 Å². The van der Waals surface area contributed by atoms with Crippen LogP contribution in [0.5, 0.6) is 0 Å². The molecule has 0 atom stereocenters. The number of hydrogen-bond acceptors (Lipinski definition) is 2. The van der Waals surface area contributed by atoms with E-state index >= 15 is 0 Å². The van der Waals surface area contributed by atoms with E-state index in [0.717, 1.165) is 46.0 Å². The van der Waals surface area contributed by atoms with Gasteiger partial charge in [-0.05, 0) is 64.5 Å². The highest BCUT2D eigenvalue weighted by atomic mass is 16.4. The van der Waals surface area contributed by atoms with Crippen LogP contribution in [0.2, 0.25) is 0 Å². The number of benzene rings is 3. The minimum absolute atomic E-state index is 0.768. The Kier molecular flexibility index (Phi) is 6.30. The van der Waals surface area contributed by atoms with Gasteiger partial charge in [0.05, 0.1) is 0 Å². The molecule has 0 aromatic heterocycles. The predicted octanol–water partition coefficient (Wildman–Crippen LogP) is 6.04. The number of rotatable bonds is 6. The van der Waals surface area contributed by atoms with Crippen molar-refractivity contribution in [2.45, 2.75) is 20.3 Å². The molecule has 0 fully saturated rings. The summed E-state index contributed by atoms with van der Waals surface area (Å²) in [7, 11) is 0. The number of anilines is 1. The molecule has 0 aliphatic heterocycles. The van der Waals surface area contributed by atoms with Gasteiger partial charge in [-0.15, -0.1) is 0 Å². The maximum atomic E-state index is 10.8. The van der Waals surface area contributed by atoms with E-state index in [4.69, 9.17) is 10.8 Å². The third-order valence-corrected chi connectivity index (χ3v) is 4.96. The summed E-state index contributed by atoms with van der Waals surface area (Å²) in [6, 6.07) is 24.5. The van der Waals surface area contributed by atoms with E-state index in [0.29, 0.717) is 0 Å². The van der Waals surface area contributed by atoms with Crippen LogP contribution in [0.1, 0.15) is 41.2 Å². The highest BCUT2D eigenvalue weighted by Gasteiger charge is 2.13. The second-order valence-electron chi connectivity index (χ2n) is 6.94. The third-order valence-electron chi connectivity index (χ3n) is 4.96. The van der Waals surface area contributed by atoms with Crippen molar-refractivity contribution in [1.82, 2.24) is 0 Å². The van der Waals surface area contributed by atoms with Crippen LogP contribution in [0.25, 0.3) is 17.2 Å². The standard InChI is InChI=1S/C26H25NO2/c1-3-23(20-7-5-4-6-8-20)26(22-13-9-18(2)24(27)17-22)21-14-10-19(11-15-21)12-16-25(28)29/h4-17H,3,27H2,1-2H3,(H,28,29)/b16-12+,26-23+. The molecule has 0 saturated heterocycles. The Morgan fingerprint density at radius 1 is 0.931 bits per heavy atom. The third kappa shape index (κ3) is 4.82. The highest BCUT2D eigenvalue weighted by molar-refractivity contribution is 5.99. The second kappa shape index (κ2) is 9.07. The molecule has 3 nitrogen and oxygen atoms in total. The van der Waals surface area contributed by atoms with Gasteiger partial charge in [-0.1, -0.05) is 73.7 Å². The summed E-state index contributed by atoms with van der Waals surface area (Å²) >= 11 is 0. The van der Waals surface area contributed by atoms with Gasteiger partial charge < -0.3 is 10.8 Å². The average molecular weight is 383 g/mol. The summed E-state index contributed by atoms with van der Waals surface area (Å²) in [6.07, 6.45) is 3.61. The van der Waals surface area contributed by atoms with E-state index in [1.54, 1.807) is 6.08 Å². The molecule has 3 aromatic rings. The lowest BCUT2D eigenvalue weighted by molar-refractivity contribution is -0.131. The molecule has 0 heterocycles. The minimum atomic E-state index is -0.956. The number of allylic oxidation sites excluding steroid dienone is 1. The normalized spacial score (nSPS) is 12.1. The number of aliphatic carboxylic acids is 1. The zero-order valence-electron chi connectivity index (χ0n) is 16.7. The number of carboxylic acid groups (broad SMARTS) is 1. The van der Waals surface area contributed by atoms with E-state index in [1.807, 2.05) is 61.5 Å². The topological polar surface area (TPSA) is 63.3 Å². The molecule has 0 saturated carbocycles. The summed E-state index contributed by atoms with van der Waals surface area (Å²) in [5.41, 5.74) is 14.6. The quantitative estimate of drug-likeness (QED) is 0.310. The zero-order valence-corrected chi connectivity index (χ0v) is 16.7. The second-order valence-corrected chi connectivity index (χ2v) is 6.94. The van der Waals surface area contributed by atoms with E-state index < -0.39 is 5.97 Å². The fourth-order valence-corrected chi connectivity index (χ4v) is 3.40. The first-order valence-corrected chi connectivity index (χ1v) is 9.66. The van der Waals surface area contributed by atoms with E-state index in [-0.39, 0.29) is 0 Å². The molecule has 0 aliphatic rings. The number of carboxylic acids is 1. The van der Waals surface area contributed by atoms with Crippen molar-refractivity contribution < 1.29 is 9.90 Å². The number of hydrogen-bond donors (Lipinski definition) is 2. The molecule has 0 spiro atoms. The number of carbonyl (C=O) groups is 1. The van der Waals surface area contributed by atoms with Crippen LogP contribution in [-0.2, 0) is 4.79 Å². The molecule has 0 unspecified atom stereocenters. The van der Waals surface area contributed by atoms with Crippen molar-refractivity contribution in [2.75, 3.05) is 5.73 Å². The molecule has 146 valence electrons. The summed E-state index contributed by atoms with van der Waals surface area (Å²) in [5.74, 6) is -0.956. The molecule has 3 rings (SSSR count). The van der Waals surface area contributed by atoms with Crippen LogP contribution in [0.15, 0.2) is 78.9 Å². The van der Waals surface area contributed by atoms with E-state index in [1.165, 1.54) is 11.1 Å². The van der Waals surface area contributed by atoms with Crippen molar-refractivity contribution in [3.05, 3.63) is 107 Å². The number of nitrogens with two attached hydrogens (primary N) is 1. The number of nitrogen functional groups attached to an aromatic ring is 1. The fourth-order valence-electron chi connectivity index (χ4n) is 3.40. The van der Waals surface area contributed by atoms with E-state index in [2.05, 4.69) is 25.1 Å². The Balaban J connectivity index is 2.19. The maximum Gasteiger partial charge on any atom is 0.328 e. The van der Waals surface area contributed by atoms with Gasteiger partial charge in [-0.25, -0.2) is 4.79 Å². The summed E-state index contributed by atoms with van der Waals surface area (Å²) in [6.45, 7) is 4.16. The molecule has 0 bridgehead atoms. The Morgan fingerprint density at radius 2 is 1.59 bits per heavy atom. The van der Waals surface area contributed by atoms with Gasteiger partial charge >= 0.3 is 5.97 Å². The van der Waals surface area contributed by atoms with Gasteiger partial charge in [0.15, 0.2) is 0 Å².